The zero-order valence-electron chi connectivity index (χ0n) is 31.4. The van der Waals surface area contributed by atoms with E-state index in [2.05, 4.69) is 31.4 Å². The van der Waals surface area contributed by atoms with Crippen molar-refractivity contribution in [3.8, 4) is 16.9 Å². The monoisotopic (exact) mass is 722 g/mol. The number of hydrogen-bond acceptors (Lipinski definition) is 9. The third kappa shape index (κ3) is 7.65. The van der Waals surface area contributed by atoms with Crippen molar-refractivity contribution in [3.05, 3.63) is 47.5 Å². The summed E-state index contributed by atoms with van der Waals surface area (Å²) < 4.78 is 6.06. The van der Waals surface area contributed by atoms with Crippen molar-refractivity contribution in [2.45, 2.75) is 95.9 Å². The molecule has 2 amide bonds. The van der Waals surface area contributed by atoms with Crippen LogP contribution in [-0.2, 0) is 16.2 Å². The SMILES string of the molecule is COc1c(CN2O[C@@H](CO)C(C(C)O)[C@H]2C(=O)N[C@H]2C[C@H]3C[C@@H]([C@@H]2C)C3(C)C)cccc1-c1cc(C(=O)NCCC2CCCS2)cc(N(C)C)c1. The van der Waals surface area contributed by atoms with Crippen molar-refractivity contribution >= 4 is 29.3 Å². The van der Waals surface area contributed by atoms with Crippen LogP contribution in [0.3, 0.4) is 0 Å². The molecule has 2 bridgehead atoms. The molecular formula is C40H58N4O6S. The van der Waals surface area contributed by atoms with Crippen molar-refractivity contribution in [1.29, 1.82) is 0 Å². The number of aliphatic hydroxyl groups is 2. The van der Waals surface area contributed by atoms with E-state index in [1.807, 2.05) is 67.2 Å². The number of nitrogens with zero attached hydrogens (tertiary/aromatic N) is 2. The van der Waals surface area contributed by atoms with Crippen LogP contribution >= 0.6 is 11.8 Å². The van der Waals surface area contributed by atoms with E-state index in [-0.39, 0.29) is 31.0 Å². The van der Waals surface area contributed by atoms with Gasteiger partial charge in [-0.15, -0.1) is 0 Å². The number of aliphatic hydroxyl groups excluding tert-OH is 2. The number of hydroxylamine groups is 2. The Kier molecular flexibility index (Phi) is 11.6. The maximum Gasteiger partial charge on any atom is 0.251 e. The van der Waals surface area contributed by atoms with Crippen LogP contribution in [0.15, 0.2) is 36.4 Å². The second-order valence-corrected chi connectivity index (χ2v) is 17.5. The Balaban J connectivity index is 1.25. The normalized spacial score (nSPS) is 30.4. The van der Waals surface area contributed by atoms with Gasteiger partial charge in [0.1, 0.15) is 17.9 Å². The number of hydrogen-bond donors (Lipinski definition) is 4. The fourth-order valence-electron chi connectivity index (χ4n) is 9.31. The molecule has 0 spiro atoms. The van der Waals surface area contributed by atoms with E-state index < -0.39 is 24.2 Å². The fraction of sp³-hybridized carbons (Fsp3) is 0.650. The largest absolute Gasteiger partial charge is 0.496 e. The number of fused-ring (bicyclic) bond motifs is 2. The summed E-state index contributed by atoms with van der Waals surface area (Å²) >= 11 is 1.99. The zero-order valence-corrected chi connectivity index (χ0v) is 32.2. The van der Waals surface area contributed by atoms with Crippen LogP contribution in [0.1, 0.15) is 75.7 Å². The number of methoxy groups -OCH3 is 1. The van der Waals surface area contributed by atoms with Gasteiger partial charge in [0.05, 0.1) is 26.4 Å². The molecule has 3 unspecified atom stereocenters. The first-order valence-electron chi connectivity index (χ1n) is 18.7. The van der Waals surface area contributed by atoms with E-state index in [0.29, 0.717) is 46.3 Å². The highest BCUT2D eigenvalue weighted by molar-refractivity contribution is 8.00. The van der Waals surface area contributed by atoms with Crippen LogP contribution in [0.4, 0.5) is 5.69 Å². The first kappa shape index (κ1) is 37.9. The van der Waals surface area contributed by atoms with Gasteiger partial charge in [0, 0.05) is 60.2 Å². The predicted molar refractivity (Wildman–Crippen MR) is 203 cm³/mol. The van der Waals surface area contributed by atoms with Gasteiger partial charge in [-0.25, -0.2) is 0 Å². The van der Waals surface area contributed by atoms with Crippen LogP contribution in [0, 0.1) is 29.1 Å². The minimum Gasteiger partial charge on any atom is -0.496 e. The molecule has 0 radical (unpaired) electrons. The first-order chi connectivity index (χ1) is 24.3. The number of nitrogens with one attached hydrogen (secondary N) is 2. The predicted octanol–water partition coefficient (Wildman–Crippen LogP) is 5.10. The Labute approximate surface area is 308 Å². The highest BCUT2D eigenvalue weighted by Gasteiger charge is 2.57. The van der Waals surface area contributed by atoms with E-state index in [1.165, 1.54) is 25.0 Å². The minimum absolute atomic E-state index is 0.0498. The highest BCUT2D eigenvalue weighted by atomic mass is 32.2. The van der Waals surface area contributed by atoms with Crippen LogP contribution in [0.5, 0.6) is 5.75 Å². The topological polar surface area (TPSA) is 124 Å². The third-order valence-corrected chi connectivity index (χ3v) is 13.9. The molecule has 280 valence electrons. The van der Waals surface area contributed by atoms with Crippen LogP contribution in [0.2, 0.25) is 0 Å². The third-order valence-electron chi connectivity index (χ3n) is 12.5. The molecule has 2 saturated heterocycles. The molecule has 2 aliphatic heterocycles. The van der Waals surface area contributed by atoms with Crippen LogP contribution < -0.4 is 20.3 Å². The number of carbonyl (C=O) groups is 2. The first-order valence-corrected chi connectivity index (χ1v) is 19.8. The van der Waals surface area contributed by atoms with Gasteiger partial charge in [-0.2, -0.15) is 16.8 Å². The number of ether oxygens (including phenoxy) is 1. The van der Waals surface area contributed by atoms with E-state index in [9.17, 15) is 19.8 Å². The molecule has 3 saturated carbocycles. The van der Waals surface area contributed by atoms with Crippen molar-refractivity contribution in [3.63, 3.8) is 0 Å². The number of benzene rings is 2. The Morgan fingerprint density at radius 1 is 1.20 bits per heavy atom. The van der Waals surface area contributed by atoms with Gasteiger partial charge in [0.15, 0.2) is 0 Å². The Morgan fingerprint density at radius 2 is 1.98 bits per heavy atom. The summed E-state index contributed by atoms with van der Waals surface area (Å²) in [6, 6.07) is 10.9. The molecule has 2 aromatic carbocycles. The van der Waals surface area contributed by atoms with E-state index in [4.69, 9.17) is 9.57 Å². The summed E-state index contributed by atoms with van der Waals surface area (Å²) in [5, 5.41) is 30.0. The molecular weight excluding hydrogens is 665 g/mol. The summed E-state index contributed by atoms with van der Waals surface area (Å²) in [6.07, 6.45) is 3.95. The number of para-hydroxylation sites is 1. The smallest absolute Gasteiger partial charge is 0.251 e. The standard InChI is InChI=1S/C40H58N4O6S/c1-23-32-19-28(40(32,3)4)20-33(23)42-39(48)36-35(24(2)46)34(22-45)50-44(36)21-25-10-8-12-31(37(25)49-7)26-16-27(18-29(17-26)43(5)6)38(47)41-14-13-30-11-9-15-51-30/h8,10,12,16-18,23-24,28,30,32-36,45-46H,9,11,13-15,19-22H2,1-7H3,(H,41,47)(H,42,48)/t23-,24?,28+,30?,32-,33-,34-,35?,36-/m0/s1. The van der Waals surface area contributed by atoms with Gasteiger partial charge >= 0.3 is 0 Å². The van der Waals surface area contributed by atoms with Crippen molar-refractivity contribution in [2.75, 3.05) is 45.0 Å². The minimum atomic E-state index is -0.887. The molecule has 2 aromatic rings. The maximum atomic E-state index is 14.2. The zero-order chi connectivity index (χ0) is 36.6. The second kappa shape index (κ2) is 15.6. The summed E-state index contributed by atoms with van der Waals surface area (Å²) in [7, 11) is 5.53. The van der Waals surface area contributed by atoms with E-state index in [0.717, 1.165) is 35.2 Å². The summed E-state index contributed by atoms with van der Waals surface area (Å²) in [5.74, 6) is 2.37. The summed E-state index contributed by atoms with van der Waals surface area (Å²) in [6.45, 7) is 9.08. The molecule has 9 atom stereocenters. The van der Waals surface area contributed by atoms with Crippen LogP contribution in [-0.4, -0.2) is 96.7 Å². The molecule has 5 fully saturated rings. The average Bonchev–Trinajstić information content (AvgIpc) is 3.76. The molecule has 5 aliphatic rings. The van der Waals surface area contributed by atoms with Crippen molar-refractivity contribution in [1.82, 2.24) is 15.7 Å². The number of anilines is 1. The Bertz CT molecular complexity index is 1560. The molecule has 10 nitrogen and oxygen atoms in total. The van der Waals surface area contributed by atoms with E-state index in [1.54, 1.807) is 19.1 Å². The number of amides is 2. The number of carbonyl (C=O) groups excluding carboxylic acids is 2. The molecule has 4 N–H and O–H groups in total. The lowest BCUT2D eigenvalue weighted by Crippen LogP contribution is -2.62. The summed E-state index contributed by atoms with van der Waals surface area (Å²) in [4.78, 5) is 35.9. The molecule has 51 heavy (non-hydrogen) atoms. The molecule has 2 heterocycles. The molecule has 11 heteroatoms. The lowest BCUT2D eigenvalue weighted by Gasteiger charge is -2.62. The Hall–Kier alpha value is -2.83. The molecule has 7 rings (SSSR count). The fourth-order valence-corrected chi connectivity index (χ4v) is 10.6. The second-order valence-electron chi connectivity index (χ2n) is 16.1. The van der Waals surface area contributed by atoms with Gasteiger partial charge in [-0.05, 0) is 91.7 Å². The quantitative estimate of drug-likeness (QED) is 0.224. The van der Waals surface area contributed by atoms with Crippen LogP contribution in [0.25, 0.3) is 11.1 Å². The summed E-state index contributed by atoms with van der Waals surface area (Å²) in [5.41, 5.74) is 4.17. The van der Waals surface area contributed by atoms with E-state index >= 15 is 0 Å². The average molecular weight is 723 g/mol. The number of rotatable bonds is 13. The van der Waals surface area contributed by atoms with Crippen molar-refractivity contribution in [2.24, 2.45) is 29.1 Å². The Morgan fingerprint density at radius 3 is 2.61 bits per heavy atom. The number of thioether (sulfide) groups is 1. The van der Waals surface area contributed by atoms with Gasteiger partial charge in [-0.3, -0.25) is 14.4 Å². The van der Waals surface area contributed by atoms with Gasteiger partial charge in [0.25, 0.3) is 5.91 Å². The van der Waals surface area contributed by atoms with Gasteiger partial charge in [-0.1, -0.05) is 39.0 Å². The molecule has 3 aliphatic carbocycles. The maximum absolute atomic E-state index is 14.2. The molecule has 0 aromatic heterocycles. The lowest BCUT2D eigenvalue weighted by atomic mass is 9.45. The van der Waals surface area contributed by atoms with Crippen molar-refractivity contribution < 1.29 is 29.4 Å². The lowest BCUT2D eigenvalue weighted by molar-refractivity contribution is -0.183. The van der Waals surface area contributed by atoms with Gasteiger partial charge in [0.2, 0.25) is 5.91 Å². The highest BCUT2D eigenvalue weighted by Crippen LogP contribution is 2.61. The van der Waals surface area contributed by atoms with Gasteiger partial charge < -0.3 is 30.5 Å².